The Bertz CT molecular complexity index is 361. The van der Waals surface area contributed by atoms with Gasteiger partial charge >= 0.3 is 6.18 Å². The van der Waals surface area contributed by atoms with Gasteiger partial charge in [-0.3, -0.25) is 0 Å². The van der Waals surface area contributed by atoms with Gasteiger partial charge in [-0.1, -0.05) is 0 Å². The number of pyridine rings is 1. The third-order valence-electron chi connectivity index (χ3n) is 2.75. The number of halogens is 3. The van der Waals surface area contributed by atoms with Crippen LogP contribution in [-0.4, -0.2) is 24.2 Å². The number of nitrogens with zero attached hydrogens (tertiary/aromatic N) is 2. The van der Waals surface area contributed by atoms with Crippen LogP contribution in [0.4, 0.5) is 24.7 Å². The number of nitrogens with two attached hydrogens (primary N) is 1. The third-order valence-corrected chi connectivity index (χ3v) is 2.75. The number of nitrogen functional groups attached to an aromatic ring is 1. The molecule has 88 valence electrons. The van der Waals surface area contributed by atoms with Crippen LogP contribution in [0.15, 0.2) is 18.3 Å². The van der Waals surface area contributed by atoms with E-state index in [1.807, 2.05) is 0 Å². The maximum absolute atomic E-state index is 12.4. The molecular formula is C10H12F3N3. The summed E-state index contributed by atoms with van der Waals surface area (Å²) in [6.45, 7) is 0.377. The lowest BCUT2D eigenvalue weighted by atomic mass is 10.1. The van der Waals surface area contributed by atoms with Crippen LogP contribution < -0.4 is 10.6 Å². The van der Waals surface area contributed by atoms with Gasteiger partial charge in [-0.25, -0.2) is 4.98 Å². The summed E-state index contributed by atoms with van der Waals surface area (Å²) in [4.78, 5) is 5.65. The zero-order valence-electron chi connectivity index (χ0n) is 8.54. The minimum atomic E-state index is -4.11. The normalized spacial score (nSPS) is 21.4. The maximum atomic E-state index is 12.4. The molecule has 1 aliphatic rings. The highest BCUT2D eigenvalue weighted by atomic mass is 19.4. The van der Waals surface area contributed by atoms with Crippen molar-refractivity contribution in [2.75, 3.05) is 23.7 Å². The van der Waals surface area contributed by atoms with Gasteiger partial charge < -0.3 is 10.6 Å². The molecule has 0 spiro atoms. The molecule has 1 unspecified atom stereocenters. The summed E-state index contributed by atoms with van der Waals surface area (Å²) in [6, 6.07) is 3.29. The summed E-state index contributed by atoms with van der Waals surface area (Å²) in [5.74, 6) is -0.687. The van der Waals surface area contributed by atoms with Crippen molar-refractivity contribution in [2.45, 2.75) is 12.6 Å². The molecule has 0 saturated carbocycles. The van der Waals surface area contributed by atoms with E-state index in [0.717, 1.165) is 0 Å². The zero-order chi connectivity index (χ0) is 11.8. The first-order valence-electron chi connectivity index (χ1n) is 5.00. The molecule has 1 atom stereocenters. The van der Waals surface area contributed by atoms with Gasteiger partial charge in [-0.15, -0.1) is 0 Å². The van der Waals surface area contributed by atoms with Crippen LogP contribution in [-0.2, 0) is 0 Å². The van der Waals surface area contributed by atoms with E-state index in [1.54, 1.807) is 17.0 Å². The zero-order valence-corrected chi connectivity index (χ0v) is 8.54. The van der Waals surface area contributed by atoms with Crippen LogP contribution in [0.25, 0.3) is 0 Å². The van der Waals surface area contributed by atoms with Crippen molar-refractivity contribution in [3.8, 4) is 0 Å². The lowest BCUT2D eigenvalue weighted by Gasteiger charge is -2.18. The first kappa shape index (κ1) is 11.0. The Morgan fingerprint density at radius 2 is 2.12 bits per heavy atom. The van der Waals surface area contributed by atoms with E-state index in [4.69, 9.17) is 5.73 Å². The Morgan fingerprint density at radius 3 is 2.62 bits per heavy atom. The molecule has 0 aliphatic carbocycles. The summed E-state index contributed by atoms with van der Waals surface area (Å²) >= 11 is 0. The van der Waals surface area contributed by atoms with Crippen molar-refractivity contribution in [3.05, 3.63) is 18.3 Å². The monoisotopic (exact) mass is 231 g/mol. The Labute approximate surface area is 91.1 Å². The van der Waals surface area contributed by atoms with Gasteiger partial charge in [0, 0.05) is 13.1 Å². The average Bonchev–Trinajstić information content (AvgIpc) is 2.67. The molecule has 2 heterocycles. The number of anilines is 2. The first-order valence-corrected chi connectivity index (χ1v) is 5.00. The van der Waals surface area contributed by atoms with Crippen LogP contribution >= 0.6 is 0 Å². The molecular weight excluding hydrogens is 219 g/mol. The fourth-order valence-electron chi connectivity index (χ4n) is 1.82. The van der Waals surface area contributed by atoms with Gasteiger partial charge in [0.05, 0.1) is 17.8 Å². The SMILES string of the molecule is Nc1ccc(N2CCC(C(F)(F)F)C2)nc1. The number of hydrogen-bond acceptors (Lipinski definition) is 3. The molecule has 1 fully saturated rings. The van der Waals surface area contributed by atoms with Gasteiger partial charge in [0.25, 0.3) is 0 Å². The van der Waals surface area contributed by atoms with E-state index in [0.29, 0.717) is 18.1 Å². The quantitative estimate of drug-likeness (QED) is 0.804. The van der Waals surface area contributed by atoms with E-state index in [-0.39, 0.29) is 13.0 Å². The number of rotatable bonds is 1. The highest BCUT2D eigenvalue weighted by Crippen LogP contribution is 2.34. The number of hydrogen-bond donors (Lipinski definition) is 1. The number of aromatic nitrogens is 1. The Balaban J connectivity index is 2.06. The van der Waals surface area contributed by atoms with Crippen LogP contribution in [0.5, 0.6) is 0 Å². The van der Waals surface area contributed by atoms with E-state index in [9.17, 15) is 13.2 Å². The van der Waals surface area contributed by atoms with Crippen molar-refractivity contribution < 1.29 is 13.2 Å². The lowest BCUT2D eigenvalue weighted by Crippen LogP contribution is -2.27. The second kappa shape index (κ2) is 3.84. The van der Waals surface area contributed by atoms with Gasteiger partial charge in [-0.2, -0.15) is 13.2 Å². The van der Waals surface area contributed by atoms with Gasteiger partial charge in [0.1, 0.15) is 5.82 Å². The highest BCUT2D eigenvalue weighted by molar-refractivity contribution is 5.46. The Morgan fingerprint density at radius 1 is 1.38 bits per heavy atom. The molecule has 0 bridgehead atoms. The molecule has 0 amide bonds. The summed E-state index contributed by atoms with van der Waals surface area (Å²) in [5, 5.41) is 0. The fraction of sp³-hybridized carbons (Fsp3) is 0.500. The van der Waals surface area contributed by atoms with Crippen molar-refractivity contribution in [1.29, 1.82) is 0 Å². The molecule has 16 heavy (non-hydrogen) atoms. The Hall–Kier alpha value is -1.46. The van der Waals surface area contributed by atoms with Crippen molar-refractivity contribution >= 4 is 11.5 Å². The standard InChI is InChI=1S/C10H12F3N3/c11-10(12,13)7-3-4-16(6-7)9-2-1-8(14)5-15-9/h1-2,5,7H,3-4,6,14H2. The van der Waals surface area contributed by atoms with Crippen molar-refractivity contribution in [1.82, 2.24) is 4.98 Å². The topological polar surface area (TPSA) is 42.1 Å². The minimum absolute atomic E-state index is 0.0135. The second-order valence-electron chi connectivity index (χ2n) is 3.92. The van der Waals surface area contributed by atoms with E-state index >= 15 is 0 Å². The average molecular weight is 231 g/mol. The molecule has 3 nitrogen and oxygen atoms in total. The summed E-state index contributed by atoms with van der Waals surface area (Å²) < 4.78 is 37.3. The smallest absolute Gasteiger partial charge is 0.393 e. The minimum Gasteiger partial charge on any atom is -0.397 e. The number of alkyl halides is 3. The van der Waals surface area contributed by atoms with Gasteiger partial charge in [0.2, 0.25) is 0 Å². The second-order valence-corrected chi connectivity index (χ2v) is 3.92. The summed E-state index contributed by atoms with van der Waals surface area (Å²) in [7, 11) is 0. The van der Waals surface area contributed by atoms with Gasteiger partial charge in [-0.05, 0) is 18.6 Å². The molecule has 2 N–H and O–H groups in total. The predicted octanol–water partition coefficient (Wildman–Crippen LogP) is 2.05. The first-order chi connectivity index (χ1) is 7.47. The Kier molecular flexibility index (Phi) is 2.65. The fourth-order valence-corrected chi connectivity index (χ4v) is 1.82. The summed E-state index contributed by atoms with van der Waals surface area (Å²) in [5.41, 5.74) is 5.97. The van der Waals surface area contributed by atoms with Crippen LogP contribution in [0.2, 0.25) is 0 Å². The summed E-state index contributed by atoms with van der Waals surface area (Å²) in [6.07, 6.45) is -2.52. The van der Waals surface area contributed by atoms with Crippen LogP contribution in [0.3, 0.4) is 0 Å². The van der Waals surface area contributed by atoms with Crippen molar-refractivity contribution in [3.63, 3.8) is 0 Å². The molecule has 2 rings (SSSR count). The molecule has 6 heteroatoms. The van der Waals surface area contributed by atoms with E-state index in [2.05, 4.69) is 4.98 Å². The lowest BCUT2D eigenvalue weighted by molar-refractivity contribution is -0.168. The van der Waals surface area contributed by atoms with Gasteiger partial charge in [0.15, 0.2) is 0 Å². The van der Waals surface area contributed by atoms with E-state index < -0.39 is 12.1 Å². The third kappa shape index (κ3) is 2.20. The maximum Gasteiger partial charge on any atom is 0.393 e. The molecule has 1 saturated heterocycles. The largest absolute Gasteiger partial charge is 0.397 e. The predicted molar refractivity (Wildman–Crippen MR) is 55.0 cm³/mol. The molecule has 1 aromatic heterocycles. The molecule has 0 radical (unpaired) electrons. The molecule has 1 aromatic rings. The van der Waals surface area contributed by atoms with Crippen molar-refractivity contribution in [2.24, 2.45) is 5.92 Å². The van der Waals surface area contributed by atoms with Crippen LogP contribution in [0.1, 0.15) is 6.42 Å². The molecule has 1 aliphatic heterocycles. The van der Waals surface area contributed by atoms with E-state index in [1.165, 1.54) is 6.20 Å². The van der Waals surface area contributed by atoms with Crippen LogP contribution in [0, 0.1) is 5.92 Å². The highest BCUT2D eigenvalue weighted by Gasteiger charge is 2.43. The molecule has 0 aromatic carbocycles.